The number of aromatic amines is 1. The Bertz CT molecular complexity index is 245. The Morgan fingerprint density at radius 2 is 2.60 bits per heavy atom. The van der Waals surface area contributed by atoms with Crippen LogP contribution in [0.3, 0.4) is 0 Å². The number of carbonyl (C=O) groups excluding carboxylic acids is 1. The number of aromatic nitrogens is 1. The molecule has 0 spiro atoms. The van der Waals surface area contributed by atoms with Gasteiger partial charge in [0.05, 0.1) is 0 Å². The van der Waals surface area contributed by atoms with Gasteiger partial charge in [0.25, 0.3) is 0 Å². The van der Waals surface area contributed by atoms with Crippen molar-refractivity contribution in [1.29, 1.82) is 0 Å². The molecule has 0 bridgehead atoms. The number of carbonyl (C=O) groups is 1. The highest BCUT2D eigenvalue weighted by Gasteiger charge is 2.06. The van der Waals surface area contributed by atoms with Gasteiger partial charge in [0, 0.05) is 6.92 Å². The minimum Gasteiger partial charge on any atom is -0.387 e. The second kappa shape index (κ2) is 2.66. The molecule has 10 heavy (non-hydrogen) atoms. The molecule has 1 aromatic rings. The minimum absolute atomic E-state index is 0.0990. The molecule has 1 heterocycles. The summed E-state index contributed by atoms with van der Waals surface area (Å²) in [5.74, 6) is -0.0990. The number of amides is 1. The molecular formula is C5H8N3OS+. The van der Waals surface area contributed by atoms with E-state index in [0.29, 0.717) is 10.1 Å². The number of H-pyrrole nitrogens is 1. The van der Waals surface area contributed by atoms with Gasteiger partial charge in [-0.3, -0.25) is 0 Å². The summed E-state index contributed by atoms with van der Waals surface area (Å²) in [5, 5.41) is 3.90. The SMILES string of the molecule is CC(=O)Nc1[nH+]cc(N)s1. The van der Waals surface area contributed by atoms with Crippen molar-refractivity contribution in [1.82, 2.24) is 0 Å². The van der Waals surface area contributed by atoms with E-state index in [4.69, 9.17) is 5.73 Å². The van der Waals surface area contributed by atoms with E-state index < -0.39 is 0 Å². The maximum Gasteiger partial charge on any atom is 0.340 e. The van der Waals surface area contributed by atoms with Crippen LogP contribution in [0.25, 0.3) is 0 Å². The van der Waals surface area contributed by atoms with Crippen LogP contribution in [0.4, 0.5) is 10.1 Å². The van der Waals surface area contributed by atoms with Crippen LogP contribution in [-0.4, -0.2) is 5.91 Å². The molecule has 0 aliphatic carbocycles. The maximum atomic E-state index is 10.5. The van der Waals surface area contributed by atoms with E-state index in [9.17, 15) is 4.79 Å². The van der Waals surface area contributed by atoms with Crippen molar-refractivity contribution in [2.75, 3.05) is 11.1 Å². The van der Waals surface area contributed by atoms with E-state index in [1.807, 2.05) is 0 Å². The molecule has 5 heteroatoms. The zero-order valence-electron chi connectivity index (χ0n) is 5.47. The van der Waals surface area contributed by atoms with Crippen LogP contribution in [0.1, 0.15) is 6.92 Å². The lowest BCUT2D eigenvalue weighted by atomic mass is 10.7. The van der Waals surface area contributed by atoms with Crippen LogP contribution in [0.5, 0.6) is 0 Å². The average Bonchev–Trinajstić information content (AvgIpc) is 2.13. The van der Waals surface area contributed by atoms with E-state index in [1.165, 1.54) is 18.3 Å². The molecule has 1 aromatic heterocycles. The summed E-state index contributed by atoms with van der Waals surface area (Å²) in [6.07, 6.45) is 1.63. The Morgan fingerprint density at radius 1 is 1.90 bits per heavy atom. The Kier molecular flexibility index (Phi) is 1.86. The van der Waals surface area contributed by atoms with E-state index in [1.54, 1.807) is 6.20 Å². The molecule has 4 nitrogen and oxygen atoms in total. The van der Waals surface area contributed by atoms with Crippen molar-refractivity contribution in [2.24, 2.45) is 0 Å². The lowest BCUT2D eigenvalue weighted by Crippen LogP contribution is -2.12. The number of hydrogen-bond acceptors (Lipinski definition) is 3. The number of nitrogens with two attached hydrogens (primary N) is 1. The highest BCUT2D eigenvalue weighted by molar-refractivity contribution is 7.18. The summed E-state index contributed by atoms with van der Waals surface area (Å²) in [4.78, 5) is 13.3. The molecule has 0 unspecified atom stereocenters. The van der Waals surface area contributed by atoms with Gasteiger partial charge in [0.15, 0.2) is 0 Å². The summed E-state index contributed by atoms with van der Waals surface area (Å²) in [6, 6.07) is 0. The van der Waals surface area contributed by atoms with Gasteiger partial charge in [-0.2, -0.15) is 0 Å². The number of nitrogens with one attached hydrogen (secondary N) is 2. The molecular weight excluding hydrogens is 150 g/mol. The second-order valence-electron chi connectivity index (χ2n) is 1.80. The van der Waals surface area contributed by atoms with Crippen molar-refractivity contribution in [3.63, 3.8) is 0 Å². The quantitative estimate of drug-likeness (QED) is 0.608. The smallest absolute Gasteiger partial charge is 0.340 e. The Morgan fingerprint density at radius 3 is 3.00 bits per heavy atom. The van der Waals surface area contributed by atoms with Crippen LogP contribution >= 0.6 is 11.3 Å². The van der Waals surface area contributed by atoms with Crippen molar-refractivity contribution >= 4 is 27.4 Å². The molecule has 0 atom stereocenters. The topological polar surface area (TPSA) is 69.3 Å². The largest absolute Gasteiger partial charge is 0.387 e. The van der Waals surface area contributed by atoms with Gasteiger partial charge in [-0.1, -0.05) is 0 Å². The summed E-state index contributed by atoms with van der Waals surface area (Å²) < 4.78 is 0. The number of hydrogen-bond donors (Lipinski definition) is 2. The van der Waals surface area contributed by atoms with Crippen LogP contribution in [0.2, 0.25) is 0 Å². The third kappa shape index (κ3) is 1.70. The first-order chi connectivity index (χ1) is 4.68. The van der Waals surface area contributed by atoms with Gasteiger partial charge >= 0.3 is 11.0 Å². The number of thiazole rings is 1. The fourth-order valence-corrected chi connectivity index (χ4v) is 1.20. The minimum atomic E-state index is -0.0990. The summed E-state index contributed by atoms with van der Waals surface area (Å²) in [7, 11) is 0. The van der Waals surface area contributed by atoms with Gasteiger partial charge in [-0.15, -0.1) is 0 Å². The highest BCUT2D eigenvalue weighted by atomic mass is 32.1. The first kappa shape index (κ1) is 7.01. The molecule has 0 aliphatic heterocycles. The van der Waals surface area contributed by atoms with Crippen LogP contribution in [0, 0.1) is 0 Å². The van der Waals surface area contributed by atoms with Gasteiger partial charge in [-0.25, -0.2) is 15.1 Å². The number of anilines is 2. The Hall–Kier alpha value is -1.10. The second-order valence-corrected chi connectivity index (χ2v) is 2.89. The third-order valence-corrected chi connectivity index (χ3v) is 1.63. The molecule has 0 radical (unpaired) electrons. The third-order valence-electron chi connectivity index (χ3n) is 0.855. The molecule has 0 saturated heterocycles. The van der Waals surface area contributed by atoms with Crippen LogP contribution in [-0.2, 0) is 4.79 Å². The molecule has 0 fully saturated rings. The Balaban J connectivity index is 2.67. The van der Waals surface area contributed by atoms with Crippen LogP contribution in [0.15, 0.2) is 6.20 Å². The molecule has 0 saturated carbocycles. The van der Waals surface area contributed by atoms with E-state index in [-0.39, 0.29) is 5.91 Å². The molecule has 0 aromatic carbocycles. The monoisotopic (exact) mass is 158 g/mol. The molecule has 1 rings (SSSR count). The first-order valence-corrected chi connectivity index (χ1v) is 3.54. The lowest BCUT2D eigenvalue weighted by molar-refractivity contribution is -0.353. The van der Waals surface area contributed by atoms with E-state index >= 15 is 0 Å². The molecule has 0 aliphatic rings. The molecule has 4 N–H and O–H groups in total. The standard InChI is InChI=1S/C5H7N3OS/c1-3(9)8-5-7-2-4(6)10-5/h2H,6H2,1H3,(H,7,8,9)/p+1. The van der Waals surface area contributed by atoms with E-state index in [0.717, 1.165) is 0 Å². The molecule has 54 valence electrons. The van der Waals surface area contributed by atoms with Gasteiger partial charge in [0.2, 0.25) is 0 Å². The predicted molar refractivity (Wildman–Crippen MR) is 39.6 cm³/mol. The number of rotatable bonds is 1. The first-order valence-electron chi connectivity index (χ1n) is 2.73. The van der Waals surface area contributed by atoms with Gasteiger partial charge in [-0.05, 0) is 11.3 Å². The fourth-order valence-electron chi connectivity index (χ4n) is 0.535. The van der Waals surface area contributed by atoms with E-state index in [2.05, 4.69) is 10.3 Å². The van der Waals surface area contributed by atoms with Gasteiger partial charge < -0.3 is 5.73 Å². The lowest BCUT2D eigenvalue weighted by Gasteiger charge is -1.82. The maximum absolute atomic E-state index is 10.5. The predicted octanol–water partition coefficient (Wildman–Crippen LogP) is 0.103. The normalized spacial score (nSPS) is 9.30. The van der Waals surface area contributed by atoms with Crippen molar-refractivity contribution < 1.29 is 9.78 Å². The summed E-state index contributed by atoms with van der Waals surface area (Å²) in [5.41, 5.74) is 5.39. The summed E-state index contributed by atoms with van der Waals surface area (Å²) >= 11 is 1.31. The van der Waals surface area contributed by atoms with Crippen molar-refractivity contribution in [3.05, 3.63) is 6.20 Å². The summed E-state index contributed by atoms with van der Waals surface area (Å²) in [6.45, 7) is 1.45. The van der Waals surface area contributed by atoms with Crippen molar-refractivity contribution in [2.45, 2.75) is 6.92 Å². The zero-order chi connectivity index (χ0) is 7.56. The van der Waals surface area contributed by atoms with Crippen LogP contribution < -0.4 is 16.0 Å². The molecule has 1 amide bonds. The average molecular weight is 158 g/mol. The van der Waals surface area contributed by atoms with Gasteiger partial charge in [0.1, 0.15) is 11.2 Å². The fraction of sp³-hybridized carbons (Fsp3) is 0.200. The van der Waals surface area contributed by atoms with Crippen molar-refractivity contribution in [3.8, 4) is 0 Å². The zero-order valence-corrected chi connectivity index (χ0v) is 6.29. The Labute approximate surface area is 62.1 Å². The highest BCUT2D eigenvalue weighted by Crippen LogP contribution is 2.14. The number of nitrogen functional groups attached to an aromatic ring is 1.